The first-order valence-corrected chi connectivity index (χ1v) is 20.8. The average Bonchev–Trinajstić information content (AvgIpc) is 3.12. The third-order valence-corrected chi connectivity index (χ3v) is 17.3. The molecule has 7 rings (SSSR count). The first-order chi connectivity index (χ1) is 25.6. The van der Waals surface area contributed by atoms with Crippen molar-refractivity contribution in [3.63, 3.8) is 0 Å². The van der Waals surface area contributed by atoms with Crippen LogP contribution in [0.5, 0.6) is 0 Å². The maximum Gasteiger partial charge on any atom is 0.335 e. The molecule has 2 heterocycles. The van der Waals surface area contributed by atoms with Gasteiger partial charge in [0.2, 0.25) is 0 Å². The highest BCUT2D eigenvalue weighted by molar-refractivity contribution is 5.73. The molecule has 5 aliphatic carbocycles. The molecule has 7 aliphatic rings. The van der Waals surface area contributed by atoms with Gasteiger partial charge >= 0.3 is 5.97 Å². The summed E-state index contributed by atoms with van der Waals surface area (Å²) in [6.45, 7) is 16.2. The zero-order chi connectivity index (χ0) is 40.3. The highest BCUT2D eigenvalue weighted by Gasteiger charge is 2.69. The predicted molar refractivity (Wildman–Crippen MR) is 198 cm³/mol. The topological polar surface area (TPSA) is 216 Å². The predicted octanol–water partition coefficient (Wildman–Crippen LogP) is 2.88. The van der Waals surface area contributed by atoms with Crippen LogP contribution in [-0.4, -0.2) is 128 Å². The highest BCUT2D eigenvalue weighted by Crippen LogP contribution is 2.76. The molecule has 0 spiro atoms. The normalized spacial score (nSPS) is 53.2. The molecule has 0 unspecified atom stereocenters. The molecule has 18 atom stereocenters. The molecule has 13 nitrogen and oxygen atoms in total. The summed E-state index contributed by atoms with van der Waals surface area (Å²) in [4.78, 5) is 12.2. The Balaban J connectivity index is 1.15. The summed E-state index contributed by atoms with van der Waals surface area (Å²) < 4.78 is 24.0. The lowest BCUT2D eigenvalue weighted by molar-refractivity contribution is -0.374. The van der Waals surface area contributed by atoms with Gasteiger partial charge in [-0.25, -0.2) is 4.79 Å². The number of hydrogen-bond acceptors (Lipinski definition) is 12. The van der Waals surface area contributed by atoms with E-state index in [9.17, 15) is 45.6 Å². The van der Waals surface area contributed by atoms with Crippen molar-refractivity contribution in [3.8, 4) is 0 Å². The third-order valence-electron chi connectivity index (χ3n) is 17.3. The van der Waals surface area contributed by atoms with Gasteiger partial charge < -0.3 is 59.8 Å². The van der Waals surface area contributed by atoms with Gasteiger partial charge in [-0.3, -0.25) is 0 Å². The number of aliphatic hydroxyl groups excluding tert-OH is 7. The van der Waals surface area contributed by atoms with Crippen molar-refractivity contribution >= 4 is 5.97 Å². The zero-order valence-electron chi connectivity index (χ0n) is 33.8. The van der Waals surface area contributed by atoms with Crippen molar-refractivity contribution in [1.82, 2.24) is 0 Å². The Kier molecular flexibility index (Phi) is 10.8. The number of carboxylic acid groups (broad SMARTS) is 1. The van der Waals surface area contributed by atoms with E-state index in [0.29, 0.717) is 18.3 Å². The van der Waals surface area contributed by atoms with Gasteiger partial charge in [0.15, 0.2) is 18.7 Å². The van der Waals surface area contributed by atoms with E-state index in [1.165, 1.54) is 0 Å². The van der Waals surface area contributed by atoms with Gasteiger partial charge in [-0.05, 0) is 109 Å². The SMILES string of the molecule is CC1(C)CC[C@]2(CO)CC[C@]3(C)C(=CC[C@@H]4[C@@]5(C)CC[C@H](O[C@@H]6O[C@H](C(=O)O)[C@@H](O)[C@H](O)[C@H]6O[C@@H]6O[C@H](CO)[C@H](O)[C@H](O)[C@H]6O)C(C)(C)[C@@H]5CC[C@]43C)[C@@H]2C1. The minimum absolute atomic E-state index is 0.0197. The summed E-state index contributed by atoms with van der Waals surface area (Å²) in [6, 6.07) is 0. The number of ether oxygens (including phenoxy) is 4. The number of aliphatic hydroxyl groups is 7. The molecular formula is C42H68O13. The largest absolute Gasteiger partial charge is 0.479 e. The fraction of sp³-hybridized carbons (Fsp3) is 0.929. The third kappa shape index (κ3) is 6.31. The first kappa shape index (κ1) is 41.9. The van der Waals surface area contributed by atoms with Gasteiger partial charge in [-0.2, -0.15) is 0 Å². The molecule has 2 aliphatic heterocycles. The monoisotopic (exact) mass is 780 g/mol. The second kappa shape index (κ2) is 14.2. The molecule has 0 aromatic carbocycles. The lowest BCUT2D eigenvalue weighted by atomic mass is 9.33. The minimum atomic E-state index is -1.92. The van der Waals surface area contributed by atoms with Gasteiger partial charge in [0.1, 0.15) is 42.7 Å². The van der Waals surface area contributed by atoms with E-state index in [2.05, 4.69) is 54.5 Å². The van der Waals surface area contributed by atoms with Crippen molar-refractivity contribution in [2.75, 3.05) is 13.2 Å². The smallest absolute Gasteiger partial charge is 0.335 e. The molecule has 8 N–H and O–H groups in total. The lowest BCUT2D eigenvalue weighted by Gasteiger charge is -2.71. The summed E-state index contributed by atoms with van der Waals surface area (Å²) in [6.07, 6.45) is -4.80. The number of hydrogen-bond donors (Lipinski definition) is 8. The van der Waals surface area contributed by atoms with Crippen molar-refractivity contribution in [2.24, 2.45) is 50.2 Å². The van der Waals surface area contributed by atoms with E-state index in [0.717, 1.165) is 57.8 Å². The quantitative estimate of drug-likeness (QED) is 0.138. The van der Waals surface area contributed by atoms with Crippen molar-refractivity contribution in [2.45, 2.75) is 180 Å². The maximum atomic E-state index is 12.2. The molecule has 13 heteroatoms. The van der Waals surface area contributed by atoms with Gasteiger partial charge in [0, 0.05) is 12.0 Å². The van der Waals surface area contributed by atoms with E-state index >= 15 is 0 Å². The Morgan fingerprint density at radius 1 is 0.764 bits per heavy atom. The van der Waals surface area contributed by atoms with Crippen LogP contribution in [0, 0.1) is 50.2 Å². The number of carbonyl (C=O) groups is 1. The Morgan fingerprint density at radius 2 is 1.45 bits per heavy atom. The molecule has 4 saturated carbocycles. The second-order valence-electron chi connectivity index (χ2n) is 20.8. The Labute approximate surface area is 325 Å². The number of aliphatic carboxylic acids is 1. The number of fused-ring (bicyclic) bond motifs is 7. The molecule has 0 aromatic rings. The van der Waals surface area contributed by atoms with Gasteiger partial charge in [0.05, 0.1) is 12.7 Å². The van der Waals surface area contributed by atoms with Crippen molar-refractivity contribution in [3.05, 3.63) is 11.6 Å². The van der Waals surface area contributed by atoms with E-state index in [1.54, 1.807) is 5.57 Å². The summed E-state index contributed by atoms with van der Waals surface area (Å²) >= 11 is 0. The van der Waals surface area contributed by atoms with E-state index in [1.807, 2.05) is 0 Å². The number of allylic oxidation sites excluding steroid dienone is 2. The van der Waals surface area contributed by atoms with Crippen molar-refractivity contribution < 1.29 is 64.6 Å². The first-order valence-electron chi connectivity index (χ1n) is 20.8. The fourth-order valence-electron chi connectivity index (χ4n) is 13.6. The van der Waals surface area contributed by atoms with Crippen LogP contribution in [0.15, 0.2) is 11.6 Å². The zero-order valence-corrected chi connectivity index (χ0v) is 33.8. The standard InChI is InChI=1S/C42H68O13/c1-37(2)14-16-42(20-44)17-15-40(6)21(22(42)18-37)8-9-25-39(5)12-11-26(38(3,4)24(39)10-13-41(25,40)7)53-36-33(30(48)29(47)32(54-36)34(50)51)55-35-31(49)28(46)27(45)23(19-43)52-35/h8,22-33,35-36,43-49H,9-20H2,1-7H3,(H,50,51)/t22-,23+,24-,25+,26-,27-,28-,29-,30-,31+,32-,33+,35-,36+,39-,40+,41+,42+/m0/s1. The van der Waals surface area contributed by atoms with Crippen LogP contribution in [0.2, 0.25) is 0 Å². The number of carboxylic acids is 1. The van der Waals surface area contributed by atoms with Crippen LogP contribution >= 0.6 is 0 Å². The molecule has 0 aromatic heterocycles. The summed E-state index contributed by atoms with van der Waals surface area (Å²) in [5.74, 6) is -0.473. The Hall–Kier alpha value is -1.23. The highest BCUT2D eigenvalue weighted by atomic mass is 16.8. The summed E-state index contributed by atoms with van der Waals surface area (Å²) in [7, 11) is 0. The molecule has 314 valence electrons. The van der Waals surface area contributed by atoms with Crippen LogP contribution in [0.1, 0.15) is 113 Å². The minimum Gasteiger partial charge on any atom is -0.479 e. The van der Waals surface area contributed by atoms with Crippen LogP contribution in [-0.2, 0) is 23.7 Å². The maximum absolute atomic E-state index is 12.2. The fourth-order valence-corrected chi connectivity index (χ4v) is 13.6. The van der Waals surface area contributed by atoms with Gasteiger partial charge in [0.25, 0.3) is 0 Å². The van der Waals surface area contributed by atoms with Crippen molar-refractivity contribution in [1.29, 1.82) is 0 Å². The van der Waals surface area contributed by atoms with Crippen LogP contribution in [0.4, 0.5) is 0 Å². The molecule has 0 amide bonds. The second-order valence-corrected chi connectivity index (χ2v) is 20.8. The molecular weight excluding hydrogens is 712 g/mol. The van der Waals surface area contributed by atoms with Gasteiger partial charge in [-0.1, -0.05) is 60.1 Å². The molecule has 55 heavy (non-hydrogen) atoms. The summed E-state index contributed by atoms with van der Waals surface area (Å²) in [5, 5.41) is 84.0. The van der Waals surface area contributed by atoms with Crippen LogP contribution in [0.25, 0.3) is 0 Å². The van der Waals surface area contributed by atoms with Crippen LogP contribution in [0.3, 0.4) is 0 Å². The molecule has 6 fully saturated rings. The average molecular weight is 781 g/mol. The summed E-state index contributed by atoms with van der Waals surface area (Å²) in [5.41, 5.74) is 1.39. The van der Waals surface area contributed by atoms with Gasteiger partial charge in [-0.15, -0.1) is 0 Å². The molecule has 0 bridgehead atoms. The molecule has 2 saturated heterocycles. The molecule has 0 radical (unpaired) electrons. The van der Waals surface area contributed by atoms with E-state index in [4.69, 9.17) is 18.9 Å². The lowest BCUT2D eigenvalue weighted by Crippen LogP contribution is -2.67. The Bertz CT molecular complexity index is 1480. The van der Waals surface area contributed by atoms with E-state index in [-0.39, 0.29) is 39.6 Å². The number of rotatable bonds is 7. The van der Waals surface area contributed by atoms with E-state index < -0.39 is 85.5 Å². The Morgan fingerprint density at radius 3 is 2.11 bits per heavy atom. The van der Waals surface area contributed by atoms with Crippen LogP contribution < -0.4 is 0 Å².